The van der Waals surface area contributed by atoms with Crippen LogP contribution >= 0.6 is 11.6 Å². The van der Waals surface area contributed by atoms with Crippen LogP contribution < -0.4 is 10.4 Å². The maximum atomic E-state index is 11.5. The van der Waals surface area contributed by atoms with Crippen LogP contribution in [0.25, 0.3) is 11.0 Å². The Morgan fingerprint density at radius 3 is 2.87 bits per heavy atom. The van der Waals surface area contributed by atoms with Crippen molar-refractivity contribution in [2.75, 3.05) is 0 Å². The van der Waals surface area contributed by atoms with Gasteiger partial charge in [0.2, 0.25) is 0 Å². The van der Waals surface area contributed by atoms with Gasteiger partial charge in [0.15, 0.2) is 0 Å². The molecule has 23 heavy (non-hydrogen) atoms. The van der Waals surface area contributed by atoms with Crippen LogP contribution in [0.1, 0.15) is 16.7 Å². The third-order valence-corrected chi connectivity index (χ3v) is 3.75. The number of nitrogens with zero attached hydrogens (tertiary/aromatic N) is 1. The molecule has 4 nitrogen and oxygen atoms in total. The predicted molar refractivity (Wildman–Crippen MR) is 87.7 cm³/mol. The fourth-order valence-corrected chi connectivity index (χ4v) is 2.54. The first-order valence-electron chi connectivity index (χ1n) is 6.92. The normalized spacial score (nSPS) is 10.5. The number of nitriles is 1. The molecular formula is C18H12ClNO3. The highest BCUT2D eigenvalue weighted by Gasteiger charge is 2.09. The lowest BCUT2D eigenvalue weighted by Crippen LogP contribution is -2.00. The van der Waals surface area contributed by atoms with E-state index in [1.165, 1.54) is 6.07 Å². The molecule has 0 saturated heterocycles. The molecule has 5 heteroatoms. The SMILES string of the molecule is Cc1cc(=O)oc2cc(OCc3cccc(C#N)c3)c(Cl)cc12. The highest BCUT2D eigenvalue weighted by atomic mass is 35.5. The molecule has 1 heterocycles. The highest BCUT2D eigenvalue weighted by Crippen LogP contribution is 2.31. The van der Waals surface area contributed by atoms with Gasteiger partial charge in [-0.15, -0.1) is 0 Å². The van der Waals surface area contributed by atoms with E-state index < -0.39 is 5.63 Å². The third kappa shape index (κ3) is 3.20. The Balaban J connectivity index is 1.92. The number of rotatable bonds is 3. The Morgan fingerprint density at radius 2 is 2.09 bits per heavy atom. The van der Waals surface area contributed by atoms with Crippen LogP contribution in [0.4, 0.5) is 0 Å². The molecular weight excluding hydrogens is 314 g/mol. The first-order chi connectivity index (χ1) is 11.1. The van der Waals surface area contributed by atoms with Gasteiger partial charge in [0, 0.05) is 17.5 Å². The van der Waals surface area contributed by atoms with E-state index in [2.05, 4.69) is 6.07 Å². The molecule has 0 aliphatic rings. The molecule has 0 spiro atoms. The van der Waals surface area contributed by atoms with Gasteiger partial charge in [-0.25, -0.2) is 4.79 Å². The molecule has 1 aromatic heterocycles. The monoisotopic (exact) mass is 325 g/mol. The lowest BCUT2D eigenvalue weighted by Gasteiger charge is -2.10. The second-order valence-electron chi connectivity index (χ2n) is 5.13. The Bertz CT molecular complexity index is 986. The lowest BCUT2D eigenvalue weighted by atomic mass is 10.1. The zero-order valence-electron chi connectivity index (χ0n) is 12.3. The maximum absolute atomic E-state index is 11.5. The van der Waals surface area contributed by atoms with Gasteiger partial charge in [-0.3, -0.25) is 0 Å². The van der Waals surface area contributed by atoms with Gasteiger partial charge in [0.1, 0.15) is 17.9 Å². The topological polar surface area (TPSA) is 63.2 Å². The summed E-state index contributed by atoms with van der Waals surface area (Å²) in [6.07, 6.45) is 0. The summed E-state index contributed by atoms with van der Waals surface area (Å²) < 4.78 is 10.9. The van der Waals surface area contributed by atoms with E-state index in [0.717, 1.165) is 16.5 Å². The molecule has 3 rings (SSSR count). The summed E-state index contributed by atoms with van der Waals surface area (Å²) in [6.45, 7) is 2.08. The zero-order chi connectivity index (χ0) is 16.4. The van der Waals surface area contributed by atoms with Crippen LogP contribution in [0.5, 0.6) is 5.75 Å². The standard InChI is InChI=1S/C18H12ClNO3/c1-11-5-18(21)23-16-8-17(15(19)7-14(11)16)22-10-13-4-2-3-12(6-13)9-20/h2-8H,10H2,1H3. The van der Waals surface area contributed by atoms with Crippen LogP contribution in [0.2, 0.25) is 5.02 Å². The quantitative estimate of drug-likeness (QED) is 0.677. The van der Waals surface area contributed by atoms with Gasteiger partial charge in [-0.2, -0.15) is 5.26 Å². The van der Waals surface area contributed by atoms with E-state index in [0.29, 0.717) is 21.9 Å². The van der Waals surface area contributed by atoms with Gasteiger partial charge in [0.25, 0.3) is 0 Å². The van der Waals surface area contributed by atoms with Gasteiger partial charge in [-0.1, -0.05) is 23.7 Å². The van der Waals surface area contributed by atoms with Crippen molar-refractivity contribution in [3.63, 3.8) is 0 Å². The summed E-state index contributed by atoms with van der Waals surface area (Å²) in [7, 11) is 0. The third-order valence-electron chi connectivity index (χ3n) is 3.45. The summed E-state index contributed by atoms with van der Waals surface area (Å²) in [5.74, 6) is 0.426. The summed E-state index contributed by atoms with van der Waals surface area (Å²) in [5, 5.41) is 10.1. The molecule has 0 bridgehead atoms. The molecule has 0 aliphatic carbocycles. The molecule has 0 N–H and O–H groups in total. The number of hydrogen-bond donors (Lipinski definition) is 0. The number of aryl methyl sites for hydroxylation is 1. The minimum atomic E-state index is -0.412. The molecule has 2 aromatic carbocycles. The van der Waals surface area contributed by atoms with E-state index in [1.807, 2.05) is 13.0 Å². The predicted octanol–water partition coefficient (Wildman–Crippen LogP) is 4.21. The first-order valence-corrected chi connectivity index (χ1v) is 7.30. The van der Waals surface area contributed by atoms with Crippen LogP contribution in [0.15, 0.2) is 51.7 Å². The summed E-state index contributed by atoms with van der Waals surface area (Å²) >= 11 is 6.24. The fraction of sp³-hybridized carbons (Fsp3) is 0.111. The molecule has 0 unspecified atom stereocenters. The lowest BCUT2D eigenvalue weighted by molar-refractivity contribution is 0.306. The number of fused-ring (bicyclic) bond motifs is 1. The van der Waals surface area contributed by atoms with Gasteiger partial charge in [0.05, 0.1) is 16.7 Å². The van der Waals surface area contributed by atoms with Crippen molar-refractivity contribution in [2.45, 2.75) is 13.5 Å². The van der Waals surface area contributed by atoms with Crippen molar-refractivity contribution < 1.29 is 9.15 Å². The Morgan fingerprint density at radius 1 is 1.26 bits per heavy atom. The van der Waals surface area contributed by atoms with Crippen LogP contribution in [-0.4, -0.2) is 0 Å². The van der Waals surface area contributed by atoms with Crippen molar-refractivity contribution in [3.05, 3.63) is 74.6 Å². The molecule has 3 aromatic rings. The van der Waals surface area contributed by atoms with Crippen LogP contribution in [-0.2, 0) is 6.61 Å². The van der Waals surface area contributed by atoms with E-state index in [9.17, 15) is 4.79 Å². The molecule has 0 atom stereocenters. The van der Waals surface area contributed by atoms with Crippen molar-refractivity contribution in [3.8, 4) is 11.8 Å². The fourth-order valence-electron chi connectivity index (χ4n) is 2.32. The molecule has 0 aliphatic heterocycles. The first kappa shape index (κ1) is 15.1. The van der Waals surface area contributed by atoms with Crippen LogP contribution in [0.3, 0.4) is 0 Å². The minimum absolute atomic E-state index is 0.261. The average Bonchev–Trinajstić information content (AvgIpc) is 2.54. The van der Waals surface area contributed by atoms with Gasteiger partial charge in [-0.05, 0) is 36.2 Å². The summed E-state index contributed by atoms with van der Waals surface area (Å²) in [6, 6.07) is 14.0. The molecule has 114 valence electrons. The highest BCUT2D eigenvalue weighted by molar-refractivity contribution is 6.32. The number of halogens is 1. The molecule has 0 saturated carbocycles. The summed E-state index contributed by atoms with van der Waals surface area (Å²) in [5.41, 5.74) is 2.24. The minimum Gasteiger partial charge on any atom is -0.487 e. The van der Waals surface area contributed by atoms with Crippen LogP contribution in [0, 0.1) is 18.3 Å². The number of benzene rings is 2. The summed E-state index contributed by atoms with van der Waals surface area (Å²) in [4.78, 5) is 11.5. The zero-order valence-corrected chi connectivity index (χ0v) is 13.1. The van der Waals surface area contributed by atoms with Crippen molar-refractivity contribution >= 4 is 22.6 Å². The smallest absolute Gasteiger partial charge is 0.336 e. The second-order valence-corrected chi connectivity index (χ2v) is 5.54. The average molecular weight is 326 g/mol. The van der Waals surface area contributed by atoms with E-state index in [1.54, 1.807) is 30.3 Å². The maximum Gasteiger partial charge on any atom is 0.336 e. The molecule has 0 radical (unpaired) electrons. The number of ether oxygens (including phenoxy) is 1. The molecule has 0 fully saturated rings. The largest absolute Gasteiger partial charge is 0.487 e. The molecule has 0 amide bonds. The van der Waals surface area contributed by atoms with E-state index >= 15 is 0 Å². The Kier molecular flexibility index (Phi) is 4.05. The Hall–Kier alpha value is -2.77. The van der Waals surface area contributed by atoms with Crippen molar-refractivity contribution in [1.29, 1.82) is 5.26 Å². The van der Waals surface area contributed by atoms with Gasteiger partial charge >= 0.3 is 5.63 Å². The second kappa shape index (κ2) is 6.15. The van der Waals surface area contributed by atoms with Crippen molar-refractivity contribution in [1.82, 2.24) is 0 Å². The number of hydrogen-bond acceptors (Lipinski definition) is 4. The Labute approximate surface area is 137 Å². The van der Waals surface area contributed by atoms with Crippen molar-refractivity contribution in [2.24, 2.45) is 0 Å². The van der Waals surface area contributed by atoms with E-state index in [-0.39, 0.29) is 6.61 Å². The van der Waals surface area contributed by atoms with E-state index in [4.69, 9.17) is 26.0 Å². The van der Waals surface area contributed by atoms with Gasteiger partial charge < -0.3 is 9.15 Å².